The second-order valence-corrected chi connectivity index (χ2v) is 7.21. The second-order valence-electron chi connectivity index (χ2n) is 7.21. The first-order chi connectivity index (χ1) is 12.3. The number of amides is 1. The van der Waals surface area contributed by atoms with Gasteiger partial charge in [0.1, 0.15) is 0 Å². The number of nitrogens with zero attached hydrogens (tertiary/aromatic N) is 2. The zero-order valence-corrected chi connectivity index (χ0v) is 14.0. The van der Waals surface area contributed by atoms with Crippen LogP contribution in [0.3, 0.4) is 0 Å². The van der Waals surface area contributed by atoms with Crippen molar-refractivity contribution in [1.82, 2.24) is 15.3 Å². The normalized spacial score (nSPS) is 17.2. The summed E-state index contributed by atoms with van der Waals surface area (Å²) in [6, 6.07) is 10.2. The Hall–Kier alpha value is -2.69. The average Bonchev–Trinajstić information content (AvgIpc) is 3.57. The maximum atomic E-state index is 13.0. The number of pyridine rings is 2. The second kappa shape index (κ2) is 5.69. The van der Waals surface area contributed by atoms with E-state index in [0.717, 1.165) is 16.8 Å². The first-order valence-corrected chi connectivity index (χ1v) is 9.05. The molecule has 0 aliphatic heterocycles. The van der Waals surface area contributed by atoms with Gasteiger partial charge in [-0.15, -0.1) is 0 Å². The van der Waals surface area contributed by atoms with Crippen molar-refractivity contribution in [2.45, 2.75) is 31.7 Å². The van der Waals surface area contributed by atoms with Gasteiger partial charge in [-0.05, 0) is 61.8 Å². The summed E-state index contributed by atoms with van der Waals surface area (Å²) in [7, 11) is 0. The molecule has 3 aromatic heterocycles. The number of rotatable bonds is 5. The molecule has 25 heavy (non-hydrogen) atoms. The lowest BCUT2D eigenvalue weighted by atomic mass is 10.1. The summed E-state index contributed by atoms with van der Waals surface area (Å²) < 4.78 is 1.95. The molecule has 2 fully saturated rings. The van der Waals surface area contributed by atoms with E-state index in [1.807, 2.05) is 40.9 Å². The molecule has 0 unspecified atom stereocenters. The van der Waals surface area contributed by atoms with Gasteiger partial charge in [0.05, 0.1) is 6.20 Å². The topological polar surface area (TPSA) is 61.9 Å². The van der Waals surface area contributed by atoms with Gasteiger partial charge in [0, 0.05) is 24.0 Å². The molecular formula is C20H21N4O+. The van der Waals surface area contributed by atoms with Crippen LogP contribution in [-0.2, 0) is 0 Å². The van der Waals surface area contributed by atoms with E-state index < -0.39 is 0 Å². The minimum absolute atomic E-state index is 0.00898. The van der Waals surface area contributed by atoms with Crippen LogP contribution in [0.15, 0.2) is 48.9 Å². The highest BCUT2D eigenvalue weighted by Crippen LogP contribution is 2.44. The van der Waals surface area contributed by atoms with Gasteiger partial charge in [-0.1, -0.05) is 6.07 Å². The van der Waals surface area contributed by atoms with Crippen molar-refractivity contribution in [2.75, 3.05) is 0 Å². The Morgan fingerprint density at radius 2 is 1.84 bits per heavy atom. The number of carbonyl (C=O) groups is 1. The van der Waals surface area contributed by atoms with E-state index in [9.17, 15) is 4.79 Å². The van der Waals surface area contributed by atoms with Crippen molar-refractivity contribution in [3.63, 3.8) is 0 Å². The van der Waals surface area contributed by atoms with E-state index in [1.54, 1.807) is 12.4 Å². The Bertz CT molecular complexity index is 913. The molecule has 5 heteroatoms. The molecule has 126 valence electrons. The smallest absolute Gasteiger partial charge is 0.342 e. The Morgan fingerprint density at radius 1 is 1.12 bits per heavy atom. The van der Waals surface area contributed by atoms with Gasteiger partial charge < -0.3 is 5.32 Å². The van der Waals surface area contributed by atoms with Crippen LogP contribution in [0.1, 0.15) is 36.3 Å². The van der Waals surface area contributed by atoms with Gasteiger partial charge in [-0.25, -0.2) is 4.98 Å². The molecule has 2 N–H and O–H groups in total. The Morgan fingerprint density at radius 3 is 2.52 bits per heavy atom. The van der Waals surface area contributed by atoms with Gasteiger partial charge in [0.15, 0.2) is 11.2 Å². The van der Waals surface area contributed by atoms with Crippen LogP contribution in [-0.4, -0.2) is 21.9 Å². The summed E-state index contributed by atoms with van der Waals surface area (Å²) in [5, 5.41) is 3.31. The van der Waals surface area contributed by atoms with E-state index in [4.69, 9.17) is 0 Å². The summed E-state index contributed by atoms with van der Waals surface area (Å²) in [4.78, 5) is 20.4. The molecule has 3 heterocycles. The molecule has 0 bridgehead atoms. The maximum Gasteiger partial charge on any atom is 0.351 e. The molecule has 3 aromatic rings. The SMILES string of the molecule is O=C(NC(C1CC1)C1CC1)c1[nH]c(-c2ccncc2)c2cccc[n+]12. The number of hydrogen-bond acceptors (Lipinski definition) is 2. The zero-order chi connectivity index (χ0) is 16.8. The molecule has 0 spiro atoms. The minimum atomic E-state index is -0.00898. The van der Waals surface area contributed by atoms with Crippen LogP contribution in [0.4, 0.5) is 0 Å². The first kappa shape index (κ1) is 14.6. The van der Waals surface area contributed by atoms with Crippen LogP contribution in [0.5, 0.6) is 0 Å². The Kier molecular flexibility index (Phi) is 3.33. The molecule has 5 nitrogen and oxygen atoms in total. The number of imidazole rings is 1. The summed E-state index contributed by atoms with van der Waals surface area (Å²) in [5.41, 5.74) is 2.97. The third-order valence-electron chi connectivity index (χ3n) is 5.34. The van der Waals surface area contributed by atoms with E-state index in [1.165, 1.54) is 25.7 Å². The molecule has 2 aliphatic carbocycles. The van der Waals surface area contributed by atoms with Crippen molar-refractivity contribution in [3.8, 4) is 11.3 Å². The fraction of sp³-hybridized carbons (Fsp3) is 0.350. The van der Waals surface area contributed by atoms with E-state index in [2.05, 4.69) is 15.3 Å². The molecule has 0 radical (unpaired) electrons. The Labute approximate surface area is 146 Å². The summed E-state index contributed by atoms with van der Waals surface area (Å²) in [5.74, 6) is 1.95. The van der Waals surface area contributed by atoms with Crippen molar-refractivity contribution in [2.24, 2.45) is 11.8 Å². The fourth-order valence-corrected chi connectivity index (χ4v) is 3.74. The number of carbonyl (C=O) groups excluding carboxylic acids is 1. The molecule has 1 amide bonds. The van der Waals surface area contributed by atoms with Gasteiger partial charge >= 0.3 is 11.7 Å². The lowest BCUT2D eigenvalue weighted by molar-refractivity contribution is -0.514. The van der Waals surface area contributed by atoms with Gasteiger partial charge in [-0.3, -0.25) is 9.78 Å². The monoisotopic (exact) mass is 333 g/mol. The summed E-state index contributed by atoms with van der Waals surface area (Å²) >= 11 is 0. The first-order valence-electron chi connectivity index (χ1n) is 9.05. The number of aromatic amines is 1. The lowest BCUT2D eigenvalue weighted by Gasteiger charge is -2.15. The van der Waals surface area contributed by atoms with Crippen LogP contribution in [0, 0.1) is 11.8 Å². The number of aromatic nitrogens is 3. The fourth-order valence-electron chi connectivity index (χ4n) is 3.74. The maximum absolute atomic E-state index is 13.0. The molecular weight excluding hydrogens is 312 g/mol. The predicted molar refractivity (Wildman–Crippen MR) is 93.9 cm³/mol. The number of fused-ring (bicyclic) bond motifs is 1. The van der Waals surface area contributed by atoms with Crippen molar-refractivity contribution in [1.29, 1.82) is 0 Å². The minimum Gasteiger partial charge on any atom is -0.342 e. The van der Waals surface area contributed by atoms with Crippen molar-refractivity contribution < 1.29 is 9.20 Å². The van der Waals surface area contributed by atoms with Crippen LogP contribution in [0.2, 0.25) is 0 Å². The highest BCUT2D eigenvalue weighted by atomic mass is 16.2. The third kappa shape index (κ3) is 2.69. The molecule has 0 atom stereocenters. The molecule has 0 aromatic carbocycles. The van der Waals surface area contributed by atoms with Crippen LogP contribution < -0.4 is 9.72 Å². The lowest BCUT2D eigenvalue weighted by Crippen LogP contribution is -2.42. The van der Waals surface area contributed by atoms with E-state index >= 15 is 0 Å². The van der Waals surface area contributed by atoms with Gasteiger partial charge in [-0.2, -0.15) is 4.40 Å². The van der Waals surface area contributed by atoms with Crippen LogP contribution in [0.25, 0.3) is 16.8 Å². The predicted octanol–water partition coefficient (Wildman–Crippen LogP) is 2.73. The molecule has 0 saturated heterocycles. The van der Waals surface area contributed by atoms with E-state index in [-0.39, 0.29) is 5.91 Å². The highest BCUT2D eigenvalue weighted by molar-refractivity contribution is 5.91. The van der Waals surface area contributed by atoms with Gasteiger partial charge in [0.25, 0.3) is 0 Å². The molecule has 5 rings (SSSR count). The number of H-pyrrole nitrogens is 1. The highest BCUT2D eigenvalue weighted by Gasteiger charge is 2.43. The van der Waals surface area contributed by atoms with Crippen molar-refractivity contribution in [3.05, 3.63) is 54.7 Å². The van der Waals surface area contributed by atoms with Crippen molar-refractivity contribution >= 4 is 11.4 Å². The van der Waals surface area contributed by atoms with Gasteiger partial charge in [0.2, 0.25) is 0 Å². The van der Waals surface area contributed by atoms with Crippen LogP contribution >= 0.6 is 0 Å². The summed E-state index contributed by atoms with van der Waals surface area (Å²) in [6.45, 7) is 0. The summed E-state index contributed by atoms with van der Waals surface area (Å²) in [6.07, 6.45) is 10.5. The largest absolute Gasteiger partial charge is 0.351 e. The molecule has 2 saturated carbocycles. The third-order valence-corrected chi connectivity index (χ3v) is 5.34. The average molecular weight is 333 g/mol. The van der Waals surface area contributed by atoms with E-state index in [0.29, 0.717) is 23.7 Å². The Balaban J connectivity index is 1.53. The standard InChI is InChI=1S/C20H20N4O/c25-20(23-17(13-4-5-13)14-6-7-14)19-22-18(15-8-10-21-11-9-15)16-3-1-2-12-24(16)19/h1-3,8-14,17H,4-7H2,(H,23,25)/p+1. The number of nitrogens with one attached hydrogen (secondary N) is 2. The molecule has 2 aliphatic rings. The number of hydrogen-bond donors (Lipinski definition) is 2. The zero-order valence-electron chi connectivity index (χ0n) is 14.0. The quantitative estimate of drug-likeness (QED) is 0.705.